The average molecular weight is 267 g/mol. The zero-order chi connectivity index (χ0) is 15.3. The lowest BCUT2D eigenvalue weighted by Gasteiger charge is -2.28. The zero-order valence-corrected chi connectivity index (χ0v) is 13.9. The van der Waals surface area contributed by atoms with Crippen molar-refractivity contribution in [2.75, 3.05) is 13.2 Å². The fraction of sp³-hybridized carbons (Fsp3) is 0.933. The summed E-state index contributed by atoms with van der Waals surface area (Å²) in [4.78, 5) is 0. The first-order valence-corrected chi connectivity index (χ1v) is 7.09. The van der Waals surface area contributed by atoms with Gasteiger partial charge in [0, 0.05) is 24.9 Å². The molecule has 19 heavy (non-hydrogen) atoms. The van der Waals surface area contributed by atoms with Crippen molar-refractivity contribution in [3.63, 3.8) is 0 Å². The standard InChI is InChI=1S/C15H30BNO2/c1-12(9-17)13(2)16(18-10-14(3,4)5)19-11-15(6,7)8/h12-13H,10-11H2,1-8H3. The van der Waals surface area contributed by atoms with Crippen LogP contribution in [0.1, 0.15) is 55.4 Å². The quantitative estimate of drug-likeness (QED) is 0.679. The molecule has 0 aromatic heterocycles. The predicted molar refractivity (Wildman–Crippen MR) is 80.8 cm³/mol. The molecule has 0 aliphatic carbocycles. The highest BCUT2D eigenvalue weighted by Crippen LogP contribution is 2.26. The van der Waals surface area contributed by atoms with Crippen LogP contribution in [0.5, 0.6) is 0 Å². The van der Waals surface area contributed by atoms with E-state index in [0.29, 0.717) is 13.2 Å². The Labute approximate surface area is 119 Å². The van der Waals surface area contributed by atoms with E-state index in [1.807, 2.05) is 13.8 Å². The summed E-state index contributed by atoms with van der Waals surface area (Å²) in [7, 11) is -0.312. The summed E-state index contributed by atoms with van der Waals surface area (Å²) < 4.78 is 11.8. The van der Waals surface area contributed by atoms with Crippen molar-refractivity contribution in [2.45, 2.75) is 61.2 Å². The molecule has 110 valence electrons. The van der Waals surface area contributed by atoms with Gasteiger partial charge in [0.05, 0.1) is 6.07 Å². The lowest BCUT2D eigenvalue weighted by molar-refractivity contribution is 0.105. The summed E-state index contributed by atoms with van der Waals surface area (Å²) >= 11 is 0. The van der Waals surface area contributed by atoms with Crippen LogP contribution in [0.2, 0.25) is 5.82 Å². The maximum Gasteiger partial charge on any atom is 0.461 e. The van der Waals surface area contributed by atoms with E-state index >= 15 is 0 Å². The molecule has 0 rings (SSSR count). The summed E-state index contributed by atoms with van der Waals surface area (Å²) in [5, 5.41) is 9.05. The number of hydrogen-bond acceptors (Lipinski definition) is 3. The van der Waals surface area contributed by atoms with Crippen molar-refractivity contribution in [3.05, 3.63) is 0 Å². The molecule has 0 spiro atoms. The highest BCUT2D eigenvalue weighted by Gasteiger charge is 2.33. The third kappa shape index (κ3) is 9.07. The van der Waals surface area contributed by atoms with Crippen molar-refractivity contribution in [2.24, 2.45) is 16.7 Å². The molecule has 4 heteroatoms. The molecule has 0 fully saturated rings. The Morgan fingerprint density at radius 2 is 1.32 bits per heavy atom. The molecular weight excluding hydrogens is 237 g/mol. The second-order valence-corrected chi connectivity index (χ2v) is 7.89. The Morgan fingerprint density at radius 1 is 0.947 bits per heavy atom. The zero-order valence-electron chi connectivity index (χ0n) is 13.9. The molecule has 0 aliphatic heterocycles. The minimum absolute atomic E-state index is 0.0645. The number of nitrogens with zero attached hydrogens (tertiary/aromatic N) is 1. The molecule has 0 aromatic rings. The van der Waals surface area contributed by atoms with Gasteiger partial charge in [-0.1, -0.05) is 48.5 Å². The van der Waals surface area contributed by atoms with Crippen LogP contribution in [-0.2, 0) is 9.31 Å². The van der Waals surface area contributed by atoms with E-state index in [0.717, 1.165) is 0 Å². The van der Waals surface area contributed by atoms with Crippen molar-refractivity contribution < 1.29 is 9.31 Å². The van der Waals surface area contributed by atoms with E-state index in [1.54, 1.807) is 0 Å². The van der Waals surface area contributed by atoms with E-state index < -0.39 is 0 Å². The van der Waals surface area contributed by atoms with Gasteiger partial charge in [-0.05, 0) is 17.8 Å². The molecule has 2 unspecified atom stereocenters. The minimum atomic E-state index is -0.312. The molecule has 2 atom stereocenters. The predicted octanol–water partition coefficient (Wildman–Crippen LogP) is 4.15. The molecule has 3 nitrogen and oxygen atoms in total. The topological polar surface area (TPSA) is 42.2 Å². The van der Waals surface area contributed by atoms with Gasteiger partial charge in [-0.3, -0.25) is 0 Å². The largest absolute Gasteiger partial charge is 0.461 e. The second kappa shape index (κ2) is 7.31. The SMILES string of the molecule is CC(C#N)C(C)B(OCC(C)(C)C)OCC(C)(C)C. The Bertz CT molecular complexity index is 281. The third-order valence-electron chi connectivity index (χ3n) is 2.78. The van der Waals surface area contributed by atoms with E-state index in [9.17, 15) is 0 Å². The molecule has 0 N–H and O–H groups in total. The Balaban J connectivity index is 4.60. The van der Waals surface area contributed by atoms with E-state index in [2.05, 4.69) is 47.6 Å². The van der Waals surface area contributed by atoms with Crippen LogP contribution in [0.3, 0.4) is 0 Å². The summed E-state index contributed by atoms with van der Waals surface area (Å²) in [5.74, 6) is -0.0142. The Morgan fingerprint density at radius 3 is 1.58 bits per heavy atom. The summed E-state index contributed by atoms with van der Waals surface area (Å²) in [6.45, 7) is 18.0. The van der Waals surface area contributed by atoms with Gasteiger partial charge in [-0.15, -0.1) is 0 Å². The Kier molecular flexibility index (Phi) is 7.11. The van der Waals surface area contributed by atoms with Gasteiger partial charge in [0.2, 0.25) is 0 Å². The number of hydrogen-bond donors (Lipinski definition) is 0. The van der Waals surface area contributed by atoms with E-state index in [1.165, 1.54) is 0 Å². The molecule has 0 aliphatic rings. The molecular formula is C15H30BNO2. The molecule has 0 saturated carbocycles. The van der Waals surface area contributed by atoms with Crippen LogP contribution in [-0.4, -0.2) is 20.3 Å². The monoisotopic (exact) mass is 267 g/mol. The third-order valence-corrected chi connectivity index (χ3v) is 2.78. The summed E-state index contributed by atoms with van der Waals surface area (Å²) in [5.41, 5.74) is 0.192. The van der Waals surface area contributed by atoms with Crippen LogP contribution in [0.25, 0.3) is 0 Å². The molecule has 0 amide bonds. The van der Waals surface area contributed by atoms with Crippen LogP contribution in [0.4, 0.5) is 0 Å². The van der Waals surface area contributed by atoms with Gasteiger partial charge in [-0.25, -0.2) is 0 Å². The van der Waals surface area contributed by atoms with Crippen molar-refractivity contribution >= 4 is 7.12 Å². The Hall–Kier alpha value is -0.525. The molecule has 0 saturated heterocycles. The molecule has 0 aromatic carbocycles. The first-order chi connectivity index (χ1) is 8.46. The fourth-order valence-electron chi connectivity index (χ4n) is 1.37. The van der Waals surface area contributed by atoms with Gasteiger partial charge >= 0.3 is 7.12 Å². The highest BCUT2D eigenvalue weighted by molar-refractivity contribution is 6.46. The van der Waals surface area contributed by atoms with Crippen molar-refractivity contribution in [1.29, 1.82) is 5.26 Å². The maximum absolute atomic E-state index is 9.05. The lowest BCUT2D eigenvalue weighted by atomic mass is 9.66. The number of rotatable bonds is 6. The van der Waals surface area contributed by atoms with Crippen LogP contribution in [0, 0.1) is 28.1 Å². The molecule has 0 heterocycles. The summed E-state index contributed by atoms with van der Waals surface area (Å²) in [6, 6.07) is 2.28. The van der Waals surface area contributed by atoms with Gasteiger partial charge in [0.25, 0.3) is 0 Å². The van der Waals surface area contributed by atoms with Gasteiger partial charge in [0.15, 0.2) is 0 Å². The lowest BCUT2D eigenvalue weighted by Crippen LogP contribution is -2.36. The first-order valence-electron chi connectivity index (χ1n) is 7.09. The maximum atomic E-state index is 9.05. The minimum Gasteiger partial charge on any atom is -0.410 e. The first kappa shape index (κ1) is 18.5. The van der Waals surface area contributed by atoms with E-state index in [4.69, 9.17) is 14.6 Å². The van der Waals surface area contributed by atoms with Gasteiger partial charge in [0.1, 0.15) is 0 Å². The second-order valence-electron chi connectivity index (χ2n) is 7.89. The highest BCUT2D eigenvalue weighted by atomic mass is 16.6. The molecule has 0 bridgehead atoms. The van der Waals surface area contributed by atoms with Crippen molar-refractivity contribution in [3.8, 4) is 6.07 Å². The van der Waals surface area contributed by atoms with Gasteiger partial charge in [-0.2, -0.15) is 5.26 Å². The average Bonchev–Trinajstić information content (AvgIpc) is 2.24. The van der Waals surface area contributed by atoms with Gasteiger partial charge < -0.3 is 9.31 Å². The summed E-state index contributed by atoms with van der Waals surface area (Å²) in [6.07, 6.45) is 0. The fourth-order valence-corrected chi connectivity index (χ4v) is 1.37. The number of nitriles is 1. The molecule has 0 radical (unpaired) electrons. The normalized spacial score (nSPS) is 15.7. The van der Waals surface area contributed by atoms with E-state index in [-0.39, 0.29) is 29.7 Å². The van der Waals surface area contributed by atoms with Crippen LogP contribution in [0.15, 0.2) is 0 Å². The van der Waals surface area contributed by atoms with Crippen molar-refractivity contribution in [1.82, 2.24) is 0 Å². The van der Waals surface area contributed by atoms with Crippen LogP contribution >= 0.6 is 0 Å². The van der Waals surface area contributed by atoms with Crippen LogP contribution < -0.4 is 0 Å². The smallest absolute Gasteiger partial charge is 0.410 e.